The van der Waals surface area contributed by atoms with Crippen LogP contribution in [-0.4, -0.2) is 22.6 Å². The first-order valence-corrected chi connectivity index (χ1v) is 5.70. The van der Waals surface area contributed by atoms with Gasteiger partial charge in [0.25, 0.3) is 0 Å². The Hall–Kier alpha value is -1.27. The Morgan fingerprint density at radius 2 is 1.67 bits per heavy atom. The lowest BCUT2D eigenvalue weighted by Crippen LogP contribution is -2.13. The number of nitrogens with two attached hydrogens (primary N) is 1. The average Bonchev–Trinajstić information content (AvgIpc) is 2.15. The lowest BCUT2D eigenvalue weighted by molar-refractivity contribution is 0.390. The maximum Gasteiger partial charge on any atom is 0.241 e. The third-order valence-electron chi connectivity index (χ3n) is 1.99. The van der Waals surface area contributed by atoms with Crippen LogP contribution in [0.25, 0.3) is 0 Å². The molecule has 2 N–H and O–H groups in total. The molecule has 0 aliphatic heterocycles. The van der Waals surface area contributed by atoms with Gasteiger partial charge in [-0.2, -0.15) is 0 Å². The SMILES string of the molecule is COc1cc(S(N)(=O)=O)c(OC)cc1C. The van der Waals surface area contributed by atoms with Crippen molar-refractivity contribution in [1.82, 2.24) is 0 Å². The van der Waals surface area contributed by atoms with Gasteiger partial charge in [-0.3, -0.25) is 0 Å². The normalized spacial score (nSPS) is 11.2. The van der Waals surface area contributed by atoms with Gasteiger partial charge < -0.3 is 9.47 Å². The molecule has 0 fully saturated rings. The van der Waals surface area contributed by atoms with E-state index in [2.05, 4.69) is 0 Å². The predicted octanol–water partition coefficient (Wildman–Crippen LogP) is 0.660. The lowest BCUT2D eigenvalue weighted by Gasteiger charge is -2.11. The Morgan fingerprint density at radius 1 is 1.13 bits per heavy atom. The highest BCUT2D eigenvalue weighted by molar-refractivity contribution is 7.89. The average molecular weight is 231 g/mol. The van der Waals surface area contributed by atoms with Gasteiger partial charge in [-0.05, 0) is 18.6 Å². The quantitative estimate of drug-likeness (QED) is 0.828. The van der Waals surface area contributed by atoms with Gasteiger partial charge in [0.15, 0.2) is 0 Å². The zero-order valence-electron chi connectivity index (χ0n) is 8.77. The van der Waals surface area contributed by atoms with Crippen molar-refractivity contribution in [3.05, 3.63) is 17.7 Å². The Balaban J connectivity index is 3.49. The zero-order chi connectivity index (χ0) is 11.6. The van der Waals surface area contributed by atoms with Crippen molar-refractivity contribution in [2.45, 2.75) is 11.8 Å². The summed E-state index contributed by atoms with van der Waals surface area (Å²) in [6.45, 7) is 1.79. The predicted molar refractivity (Wildman–Crippen MR) is 55.7 cm³/mol. The molecule has 1 aromatic rings. The van der Waals surface area contributed by atoms with E-state index in [0.29, 0.717) is 5.75 Å². The van der Waals surface area contributed by atoms with Crippen molar-refractivity contribution in [1.29, 1.82) is 0 Å². The van der Waals surface area contributed by atoms with Gasteiger partial charge in [-0.15, -0.1) is 0 Å². The smallest absolute Gasteiger partial charge is 0.241 e. The number of methoxy groups -OCH3 is 2. The van der Waals surface area contributed by atoms with Gasteiger partial charge in [0.2, 0.25) is 10.0 Å². The van der Waals surface area contributed by atoms with E-state index in [1.54, 1.807) is 13.0 Å². The first kappa shape index (κ1) is 11.8. The molecule has 0 aliphatic carbocycles. The van der Waals surface area contributed by atoms with E-state index in [4.69, 9.17) is 14.6 Å². The summed E-state index contributed by atoms with van der Waals surface area (Å²) in [5.41, 5.74) is 0.779. The van der Waals surface area contributed by atoms with Gasteiger partial charge in [0.1, 0.15) is 16.4 Å². The molecule has 0 aliphatic rings. The van der Waals surface area contributed by atoms with Crippen LogP contribution in [0.15, 0.2) is 17.0 Å². The molecular weight excluding hydrogens is 218 g/mol. The zero-order valence-corrected chi connectivity index (χ0v) is 9.59. The maximum absolute atomic E-state index is 11.2. The second-order valence-electron chi connectivity index (χ2n) is 3.02. The molecule has 0 bridgehead atoms. The summed E-state index contributed by atoms with van der Waals surface area (Å²) in [5.74, 6) is 0.677. The number of hydrogen-bond donors (Lipinski definition) is 1. The van der Waals surface area contributed by atoms with Crippen LogP contribution in [0.3, 0.4) is 0 Å². The largest absolute Gasteiger partial charge is 0.496 e. The maximum atomic E-state index is 11.2. The Labute approximate surface area is 88.9 Å². The molecule has 1 rings (SSSR count). The molecule has 0 amide bonds. The summed E-state index contributed by atoms with van der Waals surface area (Å²) >= 11 is 0. The monoisotopic (exact) mass is 231 g/mol. The second kappa shape index (κ2) is 4.08. The fourth-order valence-electron chi connectivity index (χ4n) is 1.24. The van der Waals surface area contributed by atoms with Crippen molar-refractivity contribution >= 4 is 10.0 Å². The van der Waals surface area contributed by atoms with E-state index in [-0.39, 0.29) is 10.6 Å². The summed E-state index contributed by atoms with van der Waals surface area (Å²) in [6.07, 6.45) is 0. The van der Waals surface area contributed by atoms with E-state index >= 15 is 0 Å². The number of ether oxygens (including phenoxy) is 2. The number of rotatable bonds is 3. The van der Waals surface area contributed by atoms with E-state index in [1.165, 1.54) is 20.3 Å². The molecule has 0 spiro atoms. The van der Waals surface area contributed by atoms with Gasteiger partial charge in [-0.25, -0.2) is 13.6 Å². The van der Waals surface area contributed by atoms with E-state index in [1.807, 2.05) is 0 Å². The second-order valence-corrected chi connectivity index (χ2v) is 4.55. The fraction of sp³-hybridized carbons (Fsp3) is 0.333. The topological polar surface area (TPSA) is 78.6 Å². The highest BCUT2D eigenvalue weighted by atomic mass is 32.2. The van der Waals surface area contributed by atoms with Crippen LogP contribution in [0.5, 0.6) is 11.5 Å². The van der Waals surface area contributed by atoms with Crippen LogP contribution in [0.2, 0.25) is 0 Å². The summed E-state index contributed by atoms with van der Waals surface area (Å²) in [4.78, 5) is -0.0764. The summed E-state index contributed by atoms with van der Waals surface area (Å²) in [6, 6.07) is 2.92. The first-order chi connectivity index (χ1) is 6.90. The van der Waals surface area contributed by atoms with Crippen LogP contribution in [-0.2, 0) is 10.0 Å². The molecule has 0 atom stereocenters. The van der Waals surface area contributed by atoms with E-state index in [9.17, 15) is 8.42 Å². The van der Waals surface area contributed by atoms with Crippen molar-refractivity contribution in [2.24, 2.45) is 5.14 Å². The molecule has 15 heavy (non-hydrogen) atoms. The molecular formula is C9H13NO4S. The van der Waals surface area contributed by atoms with Crippen molar-refractivity contribution in [2.75, 3.05) is 14.2 Å². The van der Waals surface area contributed by atoms with Gasteiger partial charge >= 0.3 is 0 Å². The summed E-state index contributed by atoms with van der Waals surface area (Å²) in [5, 5.41) is 5.04. The van der Waals surface area contributed by atoms with Crippen molar-refractivity contribution in [3.8, 4) is 11.5 Å². The fourth-order valence-corrected chi connectivity index (χ4v) is 1.94. The third-order valence-corrected chi connectivity index (χ3v) is 2.92. The number of aryl methyl sites for hydroxylation is 1. The molecule has 0 heterocycles. The minimum absolute atomic E-state index is 0.0764. The summed E-state index contributed by atoms with van der Waals surface area (Å²) in [7, 11) is -0.955. The molecule has 84 valence electrons. The van der Waals surface area contributed by atoms with Crippen LogP contribution >= 0.6 is 0 Å². The van der Waals surface area contributed by atoms with Crippen LogP contribution in [0, 0.1) is 6.92 Å². The van der Waals surface area contributed by atoms with Gasteiger partial charge in [-0.1, -0.05) is 0 Å². The molecule has 6 heteroatoms. The number of benzene rings is 1. The highest BCUT2D eigenvalue weighted by Crippen LogP contribution is 2.30. The third kappa shape index (κ3) is 2.40. The van der Waals surface area contributed by atoms with Crippen molar-refractivity contribution in [3.63, 3.8) is 0 Å². The number of hydrogen-bond acceptors (Lipinski definition) is 4. The van der Waals surface area contributed by atoms with Crippen LogP contribution in [0.4, 0.5) is 0 Å². The Kier molecular flexibility index (Phi) is 3.21. The minimum atomic E-state index is -3.80. The lowest BCUT2D eigenvalue weighted by atomic mass is 10.2. The molecule has 1 aromatic carbocycles. The number of primary sulfonamides is 1. The first-order valence-electron chi connectivity index (χ1n) is 4.15. The number of sulfonamides is 1. The standard InChI is InChI=1S/C9H13NO4S/c1-6-4-8(14-3)9(15(10,11)12)5-7(6)13-2/h4-5H,1-3H3,(H2,10,11,12). The molecule has 0 aromatic heterocycles. The Morgan fingerprint density at radius 3 is 2.07 bits per heavy atom. The molecule has 0 radical (unpaired) electrons. The van der Waals surface area contributed by atoms with E-state index in [0.717, 1.165) is 5.56 Å². The van der Waals surface area contributed by atoms with Gasteiger partial charge in [0, 0.05) is 6.07 Å². The Bertz CT molecular complexity index is 467. The molecule has 0 saturated carbocycles. The minimum Gasteiger partial charge on any atom is -0.496 e. The summed E-state index contributed by atoms with van der Waals surface area (Å²) < 4.78 is 32.4. The highest BCUT2D eigenvalue weighted by Gasteiger charge is 2.17. The van der Waals surface area contributed by atoms with E-state index < -0.39 is 10.0 Å². The van der Waals surface area contributed by atoms with Crippen molar-refractivity contribution < 1.29 is 17.9 Å². The molecule has 5 nitrogen and oxygen atoms in total. The van der Waals surface area contributed by atoms with Gasteiger partial charge in [0.05, 0.1) is 14.2 Å². The van der Waals surface area contributed by atoms with Crippen LogP contribution in [0.1, 0.15) is 5.56 Å². The van der Waals surface area contributed by atoms with Crippen LogP contribution < -0.4 is 14.6 Å². The molecule has 0 unspecified atom stereocenters. The molecule has 0 saturated heterocycles.